The number of thiophene rings is 1. The average molecular weight is 276 g/mol. The van der Waals surface area contributed by atoms with Gasteiger partial charge >= 0.3 is 0 Å². The van der Waals surface area contributed by atoms with E-state index in [0.717, 1.165) is 16.9 Å². The Balaban J connectivity index is 2.33. The van der Waals surface area contributed by atoms with Gasteiger partial charge in [0.2, 0.25) is 0 Å². The van der Waals surface area contributed by atoms with Crippen LogP contribution in [0.2, 0.25) is 0 Å². The van der Waals surface area contributed by atoms with Gasteiger partial charge in [-0.3, -0.25) is 9.89 Å². The summed E-state index contributed by atoms with van der Waals surface area (Å²) in [5.41, 5.74) is 12.3. The molecule has 0 bridgehead atoms. The van der Waals surface area contributed by atoms with Crippen molar-refractivity contribution in [2.24, 2.45) is 5.73 Å². The Morgan fingerprint density at radius 2 is 2.42 bits per heavy atom. The van der Waals surface area contributed by atoms with Gasteiger partial charge in [0.15, 0.2) is 0 Å². The SMILES string of the molecule is CC(Nc1sc(C(N)=O)c(N)c1C#N)c1cn[nH]c1. The molecule has 8 heteroatoms. The lowest BCUT2D eigenvalue weighted by Gasteiger charge is -2.11. The van der Waals surface area contributed by atoms with Gasteiger partial charge in [-0.15, -0.1) is 11.3 Å². The maximum atomic E-state index is 11.2. The third-order valence-corrected chi connectivity index (χ3v) is 3.80. The molecule has 0 spiro atoms. The minimum absolute atomic E-state index is 0.0790. The molecule has 2 heterocycles. The van der Waals surface area contributed by atoms with E-state index in [1.807, 2.05) is 13.0 Å². The molecule has 0 saturated heterocycles. The molecule has 19 heavy (non-hydrogen) atoms. The van der Waals surface area contributed by atoms with Crippen molar-refractivity contribution in [3.63, 3.8) is 0 Å². The molecule has 0 aromatic carbocycles. The number of rotatable bonds is 4. The van der Waals surface area contributed by atoms with Crippen LogP contribution in [0, 0.1) is 11.3 Å². The van der Waals surface area contributed by atoms with Crippen LogP contribution in [-0.4, -0.2) is 16.1 Å². The van der Waals surface area contributed by atoms with Gasteiger partial charge in [0.05, 0.1) is 17.9 Å². The standard InChI is InChI=1S/C11H12N6OS/c1-5(6-3-15-16-4-6)17-11-7(2-12)8(13)9(19-11)10(14)18/h3-5,17H,13H2,1H3,(H2,14,18)(H,15,16). The van der Waals surface area contributed by atoms with E-state index in [0.29, 0.717) is 5.00 Å². The van der Waals surface area contributed by atoms with Crippen molar-refractivity contribution in [2.45, 2.75) is 13.0 Å². The maximum Gasteiger partial charge on any atom is 0.261 e. The van der Waals surface area contributed by atoms with E-state index in [4.69, 9.17) is 16.7 Å². The molecule has 0 fully saturated rings. The van der Waals surface area contributed by atoms with E-state index >= 15 is 0 Å². The fourth-order valence-corrected chi connectivity index (χ4v) is 2.63. The highest BCUT2D eigenvalue weighted by Crippen LogP contribution is 2.36. The molecule has 1 atom stereocenters. The number of primary amides is 1. The summed E-state index contributed by atoms with van der Waals surface area (Å²) in [6, 6.07) is 1.90. The summed E-state index contributed by atoms with van der Waals surface area (Å²) < 4.78 is 0. The van der Waals surface area contributed by atoms with Crippen LogP contribution in [0.25, 0.3) is 0 Å². The first-order valence-electron chi connectivity index (χ1n) is 5.42. The van der Waals surface area contributed by atoms with Crippen LogP contribution in [-0.2, 0) is 0 Å². The van der Waals surface area contributed by atoms with Gasteiger partial charge in [0, 0.05) is 11.8 Å². The average Bonchev–Trinajstić information content (AvgIpc) is 2.97. The zero-order chi connectivity index (χ0) is 14.0. The second-order valence-electron chi connectivity index (χ2n) is 3.92. The molecule has 6 N–H and O–H groups in total. The molecular formula is C11H12N6OS. The number of nitrogen functional groups attached to an aromatic ring is 1. The highest BCUT2D eigenvalue weighted by Gasteiger charge is 2.20. The fourth-order valence-electron chi connectivity index (χ4n) is 1.62. The lowest BCUT2D eigenvalue weighted by atomic mass is 10.2. The number of hydrogen-bond acceptors (Lipinski definition) is 6. The summed E-state index contributed by atoms with van der Waals surface area (Å²) in [6.07, 6.45) is 3.42. The molecule has 0 radical (unpaired) electrons. The Bertz CT molecular complexity index is 639. The molecule has 2 aromatic heterocycles. The third-order valence-electron chi connectivity index (χ3n) is 2.65. The number of aromatic amines is 1. The summed E-state index contributed by atoms with van der Waals surface area (Å²) in [5.74, 6) is -0.636. The van der Waals surface area contributed by atoms with Crippen LogP contribution in [0.4, 0.5) is 10.7 Å². The summed E-state index contributed by atoms with van der Waals surface area (Å²) in [4.78, 5) is 11.4. The van der Waals surface area contributed by atoms with Crippen molar-refractivity contribution in [1.82, 2.24) is 10.2 Å². The second kappa shape index (κ2) is 4.99. The first-order valence-corrected chi connectivity index (χ1v) is 6.23. The Hall–Kier alpha value is -2.53. The molecule has 0 aliphatic rings. The van der Waals surface area contributed by atoms with Crippen molar-refractivity contribution in [3.8, 4) is 6.07 Å². The van der Waals surface area contributed by atoms with E-state index in [1.165, 1.54) is 0 Å². The number of nitrogens with two attached hydrogens (primary N) is 2. The summed E-state index contributed by atoms with van der Waals surface area (Å²) >= 11 is 1.08. The number of anilines is 2. The summed E-state index contributed by atoms with van der Waals surface area (Å²) in [5, 5.41) is 19.3. The molecule has 0 saturated carbocycles. The Kier molecular flexibility index (Phi) is 3.39. The van der Waals surface area contributed by atoms with Crippen LogP contribution in [0.3, 0.4) is 0 Å². The zero-order valence-corrected chi connectivity index (χ0v) is 10.9. The predicted octanol–water partition coefficient (Wildman–Crippen LogP) is 1.20. The van der Waals surface area contributed by atoms with Crippen molar-refractivity contribution in [1.29, 1.82) is 5.26 Å². The van der Waals surface area contributed by atoms with E-state index in [1.54, 1.807) is 12.4 Å². The molecule has 2 rings (SSSR count). The lowest BCUT2D eigenvalue weighted by Crippen LogP contribution is -2.10. The van der Waals surface area contributed by atoms with Crippen LogP contribution in [0.1, 0.15) is 33.8 Å². The lowest BCUT2D eigenvalue weighted by molar-refractivity contribution is 0.100. The van der Waals surface area contributed by atoms with Gasteiger partial charge in [-0.05, 0) is 6.92 Å². The first kappa shape index (κ1) is 12.9. The minimum Gasteiger partial charge on any atom is -0.396 e. The third kappa shape index (κ3) is 2.36. The van der Waals surface area contributed by atoms with E-state index < -0.39 is 5.91 Å². The quantitative estimate of drug-likeness (QED) is 0.665. The smallest absolute Gasteiger partial charge is 0.261 e. The summed E-state index contributed by atoms with van der Waals surface area (Å²) in [7, 11) is 0. The highest BCUT2D eigenvalue weighted by atomic mass is 32.1. The molecule has 1 amide bonds. The number of nitrogens with zero attached hydrogens (tertiary/aromatic N) is 2. The number of nitrogens with one attached hydrogen (secondary N) is 2. The number of hydrogen-bond donors (Lipinski definition) is 4. The van der Waals surface area contributed by atoms with Crippen LogP contribution in [0.15, 0.2) is 12.4 Å². The van der Waals surface area contributed by atoms with Crippen molar-refractivity contribution < 1.29 is 4.79 Å². The van der Waals surface area contributed by atoms with Crippen molar-refractivity contribution in [2.75, 3.05) is 11.1 Å². The highest BCUT2D eigenvalue weighted by molar-refractivity contribution is 7.18. The fraction of sp³-hybridized carbons (Fsp3) is 0.182. The van der Waals surface area contributed by atoms with Gasteiger partial charge in [-0.25, -0.2) is 0 Å². The second-order valence-corrected chi connectivity index (χ2v) is 4.94. The van der Waals surface area contributed by atoms with Gasteiger partial charge < -0.3 is 16.8 Å². The largest absolute Gasteiger partial charge is 0.396 e. The topological polar surface area (TPSA) is 134 Å². The molecule has 98 valence electrons. The minimum atomic E-state index is -0.636. The van der Waals surface area contributed by atoms with Gasteiger partial charge in [-0.2, -0.15) is 10.4 Å². The Labute approximate surface area is 113 Å². The number of amides is 1. The molecule has 7 nitrogen and oxygen atoms in total. The van der Waals surface area contributed by atoms with Crippen molar-refractivity contribution in [3.05, 3.63) is 28.4 Å². The molecular weight excluding hydrogens is 264 g/mol. The van der Waals surface area contributed by atoms with Crippen LogP contribution >= 0.6 is 11.3 Å². The number of nitriles is 1. The molecule has 0 aliphatic heterocycles. The van der Waals surface area contributed by atoms with Gasteiger partial charge in [0.25, 0.3) is 5.91 Å². The summed E-state index contributed by atoms with van der Waals surface area (Å²) in [6.45, 7) is 1.91. The van der Waals surface area contributed by atoms with Crippen LogP contribution < -0.4 is 16.8 Å². The zero-order valence-electron chi connectivity index (χ0n) is 10.1. The number of carbonyl (C=O) groups is 1. The normalized spacial score (nSPS) is 11.8. The Morgan fingerprint density at radius 1 is 1.68 bits per heavy atom. The first-order chi connectivity index (χ1) is 9.04. The number of H-pyrrole nitrogens is 1. The number of aromatic nitrogens is 2. The van der Waals surface area contributed by atoms with E-state index in [2.05, 4.69) is 15.5 Å². The predicted molar refractivity (Wildman–Crippen MR) is 72.6 cm³/mol. The molecule has 1 unspecified atom stereocenters. The van der Waals surface area contributed by atoms with Gasteiger partial charge in [-0.1, -0.05) is 0 Å². The maximum absolute atomic E-state index is 11.2. The van der Waals surface area contributed by atoms with Crippen LogP contribution in [0.5, 0.6) is 0 Å². The van der Waals surface area contributed by atoms with E-state index in [-0.39, 0.29) is 22.2 Å². The van der Waals surface area contributed by atoms with E-state index in [9.17, 15) is 4.79 Å². The van der Waals surface area contributed by atoms with Crippen molar-refractivity contribution >= 4 is 27.9 Å². The number of carbonyl (C=O) groups excluding carboxylic acids is 1. The molecule has 2 aromatic rings. The van der Waals surface area contributed by atoms with Gasteiger partial charge in [0.1, 0.15) is 21.5 Å². The molecule has 0 aliphatic carbocycles. The monoisotopic (exact) mass is 276 g/mol. The Morgan fingerprint density at radius 3 is 2.95 bits per heavy atom.